The highest BCUT2D eigenvalue weighted by molar-refractivity contribution is 7.89. The van der Waals surface area contributed by atoms with Crippen LogP contribution in [0.3, 0.4) is 0 Å². The molecule has 0 spiro atoms. The van der Waals surface area contributed by atoms with E-state index in [4.69, 9.17) is 10.3 Å². The fraction of sp³-hybridized carbons (Fsp3) is 0.190. The average molecular weight is 537 g/mol. The normalized spacial score (nSPS) is 12.0. The van der Waals surface area contributed by atoms with Gasteiger partial charge in [0.15, 0.2) is 0 Å². The number of aromatic nitrogens is 5. The van der Waals surface area contributed by atoms with E-state index in [1.54, 1.807) is 13.0 Å². The molecule has 4 rings (SSSR count). The molecule has 0 bridgehead atoms. The number of hydrogen-bond donors (Lipinski definition) is 2. The number of carbonyl (C=O) groups excluding carboxylic acids is 1. The molecule has 0 unspecified atom stereocenters. The molecule has 4 aromatic rings. The number of rotatable bonds is 9. The third-order valence-corrected chi connectivity index (χ3v) is 6.20. The van der Waals surface area contributed by atoms with Crippen molar-refractivity contribution in [3.05, 3.63) is 59.9 Å². The van der Waals surface area contributed by atoms with Gasteiger partial charge >= 0.3 is 6.36 Å². The van der Waals surface area contributed by atoms with E-state index in [1.165, 1.54) is 35.0 Å². The number of aryl methyl sites for hydroxylation is 1. The van der Waals surface area contributed by atoms with Gasteiger partial charge in [-0.3, -0.25) is 4.79 Å². The van der Waals surface area contributed by atoms with Gasteiger partial charge in [0.25, 0.3) is 5.89 Å². The Morgan fingerprint density at radius 1 is 1.14 bits per heavy atom. The van der Waals surface area contributed by atoms with Crippen molar-refractivity contribution in [1.82, 2.24) is 29.6 Å². The SMILES string of the molecule is Cc1nc(-c2nc(-c3ccc(OC(F)(F)F)cc3)no2)nn1Cc1cccc(S(=O)(=O)NCC(N)=O)c1. The van der Waals surface area contributed by atoms with Crippen LogP contribution in [0.25, 0.3) is 23.1 Å². The maximum atomic E-state index is 12.4. The van der Waals surface area contributed by atoms with Crippen LogP contribution in [-0.2, 0) is 21.4 Å². The lowest BCUT2D eigenvalue weighted by Crippen LogP contribution is -2.33. The van der Waals surface area contributed by atoms with Gasteiger partial charge in [0.05, 0.1) is 18.0 Å². The molecule has 0 saturated carbocycles. The number of sulfonamides is 1. The van der Waals surface area contributed by atoms with Gasteiger partial charge in [-0.25, -0.2) is 22.8 Å². The van der Waals surface area contributed by atoms with Crippen molar-refractivity contribution < 1.29 is 35.6 Å². The van der Waals surface area contributed by atoms with Crippen molar-refractivity contribution in [3.63, 3.8) is 0 Å². The Morgan fingerprint density at radius 3 is 2.54 bits per heavy atom. The van der Waals surface area contributed by atoms with Crippen molar-refractivity contribution in [2.45, 2.75) is 24.7 Å². The number of benzene rings is 2. The Labute approximate surface area is 207 Å². The number of nitrogens with zero attached hydrogens (tertiary/aromatic N) is 5. The van der Waals surface area contributed by atoms with E-state index >= 15 is 0 Å². The lowest BCUT2D eigenvalue weighted by Gasteiger charge is -2.08. The van der Waals surface area contributed by atoms with E-state index in [0.717, 1.165) is 12.1 Å². The van der Waals surface area contributed by atoms with Crippen molar-refractivity contribution in [3.8, 4) is 28.9 Å². The van der Waals surface area contributed by atoms with Crippen LogP contribution < -0.4 is 15.2 Å². The summed E-state index contributed by atoms with van der Waals surface area (Å²) in [5.41, 5.74) is 5.95. The number of halogens is 3. The summed E-state index contributed by atoms with van der Waals surface area (Å²) in [4.78, 5) is 19.3. The summed E-state index contributed by atoms with van der Waals surface area (Å²) in [7, 11) is -3.95. The number of carbonyl (C=O) groups is 1. The fourth-order valence-corrected chi connectivity index (χ4v) is 4.19. The third kappa shape index (κ3) is 6.47. The van der Waals surface area contributed by atoms with Crippen molar-refractivity contribution in [2.75, 3.05) is 6.54 Å². The van der Waals surface area contributed by atoms with Gasteiger partial charge in [-0.05, 0) is 48.9 Å². The molecule has 12 nitrogen and oxygen atoms in total. The van der Waals surface area contributed by atoms with E-state index in [2.05, 4.69) is 29.7 Å². The highest BCUT2D eigenvalue weighted by Gasteiger charge is 2.31. The number of hydrogen-bond acceptors (Lipinski definition) is 9. The molecule has 0 aliphatic heterocycles. The highest BCUT2D eigenvalue weighted by atomic mass is 32.2. The smallest absolute Gasteiger partial charge is 0.406 e. The zero-order chi connectivity index (χ0) is 26.8. The van der Waals surface area contributed by atoms with Crippen LogP contribution >= 0.6 is 0 Å². The van der Waals surface area contributed by atoms with Gasteiger partial charge in [0, 0.05) is 5.56 Å². The van der Waals surface area contributed by atoms with Gasteiger partial charge in [-0.15, -0.1) is 18.3 Å². The number of nitrogens with two attached hydrogens (primary N) is 1. The molecule has 0 aliphatic rings. The summed E-state index contributed by atoms with van der Waals surface area (Å²) in [6.07, 6.45) is -4.80. The minimum absolute atomic E-state index is 0.0283. The van der Waals surface area contributed by atoms with Gasteiger partial charge in [0.1, 0.15) is 11.6 Å². The molecule has 0 aliphatic carbocycles. The number of primary amides is 1. The van der Waals surface area contributed by atoms with Crippen LogP contribution in [0, 0.1) is 6.92 Å². The van der Waals surface area contributed by atoms with Crippen LogP contribution in [0.1, 0.15) is 11.4 Å². The largest absolute Gasteiger partial charge is 0.573 e. The summed E-state index contributed by atoms with van der Waals surface area (Å²) in [6, 6.07) is 10.9. The number of alkyl halides is 3. The Morgan fingerprint density at radius 2 is 1.86 bits per heavy atom. The molecule has 2 aromatic heterocycles. The molecule has 2 heterocycles. The van der Waals surface area contributed by atoms with E-state index in [9.17, 15) is 26.4 Å². The second-order valence-electron chi connectivity index (χ2n) is 7.57. The first-order valence-corrected chi connectivity index (χ1v) is 11.9. The molecule has 16 heteroatoms. The molecule has 1 amide bonds. The maximum Gasteiger partial charge on any atom is 0.573 e. The summed E-state index contributed by atoms with van der Waals surface area (Å²) in [5.74, 6) is -0.578. The Bertz CT molecular complexity index is 1530. The molecule has 0 atom stereocenters. The zero-order valence-electron chi connectivity index (χ0n) is 18.9. The van der Waals surface area contributed by atoms with Gasteiger partial charge in [-0.2, -0.15) is 4.98 Å². The first kappa shape index (κ1) is 25.8. The first-order chi connectivity index (χ1) is 17.4. The number of nitrogens with one attached hydrogen (secondary N) is 1. The second kappa shape index (κ2) is 9.98. The van der Waals surface area contributed by atoms with Crippen molar-refractivity contribution >= 4 is 15.9 Å². The highest BCUT2D eigenvalue weighted by Crippen LogP contribution is 2.26. The minimum atomic E-state index is -4.80. The molecular weight excluding hydrogens is 519 g/mol. The van der Waals surface area contributed by atoms with Gasteiger partial charge in [0.2, 0.25) is 27.6 Å². The van der Waals surface area contributed by atoms with Crippen LogP contribution in [0.2, 0.25) is 0 Å². The molecule has 3 N–H and O–H groups in total. The molecule has 0 fully saturated rings. The third-order valence-electron chi connectivity index (χ3n) is 4.80. The van der Waals surface area contributed by atoms with Crippen LogP contribution in [0.4, 0.5) is 13.2 Å². The summed E-state index contributed by atoms with van der Waals surface area (Å²) >= 11 is 0. The molecule has 194 valence electrons. The van der Waals surface area contributed by atoms with E-state index < -0.39 is 34.6 Å². The average Bonchev–Trinajstić information content (AvgIpc) is 3.45. The standard InChI is InChI=1S/C21H18F3N7O5S/c1-12-27-19(20-28-18(30-36-20)14-5-7-15(8-6-14)35-21(22,23)24)29-31(12)11-13-3-2-4-16(9-13)37(33,34)26-10-17(25)32/h2-9,26H,10-11H2,1H3,(H2,25,32). The van der Waals surface area contributed by atoms with E-state index in [-0.39, 0.29) is 29.0 Å². The molecule has 0 saturated heterocycles. The molecule has 37 heavy (non-hydrogen) atoms. The fourth-order valence-electron chi connectivity index (χ4n) is 3.13. The van der Waals surface area contributed by atoms with Crippen molar-refractivity contribution in [1.29, 1.82) is 0 Å². The predicted molar refractivity (Wildman–Crippen MR) is 120 cm³/mol. The van der Waals surface area contributed by atoms with Crippen LogP contribution in [-0.4, -0.2) is 52.1 Å². The summed E-state index contributed by atoms with van der Waals surface area (Å²) in [5, 5.41) is 8.14. The van der Waals surface area contributed by atoms with Gasteiger partial charge < -0.3 is 15.0 Å². The summed E-state index contributed by atoms with van der Waals surface area (Å²) < 4.78 is 74.4. The van der Waals surface area contributed by atoms with Crippen LogP contribution in [0.5, 0.6) is 5.75 Å². The predicted octanol–water partition coefficient (Wildman–Crippen LogP) is 2.01. The molecule has 0 radical (unpaired) electrons. The first-order valence-electron chi connectivity index (χ1n) is 10.4. The van der Waals surface area contributed by atoms with Crippen LogP contribution in [0.15, 0.2) is 57.9 Å². The number of amides is 1. The van der Waals surface area contributed by atoms with E-state index in [1.807, 2.05) is 0 Å². The Hall–Kier alpha value is -4.31. The van der Waals surface area contributed by atoms with E-state index in [0.29, 0.717) is 17.0 Å². The second-order valence-corrected chi connectivity index (χ2v) is 9.34. The Balaban J connectivity index is 1.50. The Kier molecular flexibility index (Phi) is 6.95. The lowest BCUT2D eigenvalue weighted by molar-refractivity contribution is -0.274. The lowest BCUT2D eigenvalue weighted by atomic mass is 10.2. The zero-order valence-corrected chi connectivity index (χ0v) is 19.7. The maximum absolute atomic E-state index is 12.4. The molecular formula is C21H18F3N7O5S. The van der Waals surface area contributed by atoms with Gasteiger partial charge in [-0.1, -0.05) is 17.3 Å². The van der Waals surface area contributed by atoms with Crippen molar-refractivity contribution in [2.24, 2.45) is 5.73 Å². The quantitative estimate of drug-likeness (QED) is 0.324. The topological polar surface area (TPSA) is 168 Å². The summed E-state index contributed by atoms with van der Waals surface area (Å²) in [6.45, 7) is 1.29. The number of ether oxygens (including phenoxy) is 1. The molecule has 2 aromatic carbocycles. The minimum Gasteiger partial charge on any atom is -0.406 e. The monoisotopic (exact) mass is 537 g/mol.